The molecule has 5 heteroatoms. The largest absolute Gasteiger partial charge is 0.398 e. The molecule has 3 aromatic rings. The smallest absolute Gasteiger partial charge is 0.0813 e. The lowest BCUT2D eigenvalue weighted by atomic mass is 9.92. The molecule has 0 saturated carbocycles. The number of nitrogens with two attached hydrogens (primary N) is 1. The molecule has 0 amide bonds. The van der Waals surface area contributed by atoms with Gasteiger partial charge in [0.15, 0.2) is 0 Å². The number of hydrogen-bond acceptors (Lipinski definition) is 5. The predicted octanol–water partition coefficient (Wildman–Crippen LogP) is 4.46. The van der Waals surface area contributed by atoms with Gasteiger partial charge in [-0.05, 0) is 35.8 Å². The van der Waals surface area contributed by atoms with E-state index in [-0.39, 0.29) is 0 Å². The van der Waals surface area contributed by atoms with Gasteiger partial charge in [-0.1, -0.05) is 49.9 Å². The van der Waals surface area contributed by atoms with Crippen molar-refractivity contribution < 1.29 is 0 Å². The van der Waals surface area contributed by atoms with E-state index in [0.717, 1.165) is 28.8 Å². The van der Waals surface area contributed by atoms with Crippen LogP contribution < -0.4 is 11.1 Å². The van der Waals surface area contributed by atoms with Gasteiger partial charge in [0.05, 0.1) is 17.6 Å². The summed E-state index contributed by atoms with van der Waals surface area (Å²) >= 11 is 0. The average Bonchev–Trinajstić information content (AvgIpc) is 2.76. The van der Waals surface area contributed by atoms with Crippen LogP contribution in [0.1, 0.15) is 34.9 Å². The van der Waals surface area contributed by atoms with Crippen molar-refractivity contribution in [1.82, 2.24) is 15.3 Å². The number of nitrogens with one attached hydrogen (secondary N) is 2. The molecule has 4 N–H and O–H groups in total. The number of nitrogens with zero attached hydrogens (tertiary/aromatic N) is 2. The van der Waals surface area contributed by atoms with Gasteiger partial charge < -0.3 is 16.5 Å². The predicted molar refractivity (Wildman–Crippen MR) is 120 cm³/mol. The van der Waals surface area contributed by atoms with E-state index in [1.807, 2.05) is 30.3 Å². The average molecular weight is 383 g/mol. The van der Waals surface area contributed by atoms with Crippen molar-refractivity contribution in [3.05, 3.63) is 102 Å². The Morgan fingerprint density at radius 1 is 1.17 bits per heavy atom. The number of benzene rings is 2. The SMILES string of the molecule is C=C(NCc1ccccc1)c1ccc(N)c(C(=N)/C=C/c2cnccn2)c1CC. The number of rotatable bonds is 8. The van der Waals surface area contributed by atoms with Gasteiger partial charge in [0.1, 0.15) is 0 Å². The highest BCUT2D eigenvalue weighted by Gasteiger charge is 2.15. The molecule has 1 heterocycles. The van der Waals surface area contributed by atoms with Crippen LogP contribution in [0.15, 0.2) is 73.7 Å². The number of allylic oxidation sites excluding steroid dienone is 1. The number of anilines is 1. The first-order valence-corrected chi connectivity index (χ1v) is 9.51. The monoisotopic (exact) mass is 383 g/mol. The van der Waals surface area contributed by atoms with Gasteiger partial charge in [-0.2, -0.15) is 0 Å². The fourth-order valence-corrected chi connectivity index (χ4v) is 3.18. The Bertz CT molecular complexity index is 1020. The van der Waals surface area contributed by atoms with Gasteiger partial charge in [0, 0.05) is 41.4 Å². The van der Waals surface area contributed by atoms with Crippen molar-refractivity contribution in [2.24, 2.45) is 0 Å². The van der Waals surface area contributed by atoms with Crippen LogP contribution in [-0.2, 0) is 13.0 Å². The number of nitrogen functional groups attached to an aromatic ring is 1. The zero-order valence-electron chi connectivity index (χ0n) is 16.5. The molecule has 0 aliphatic rings. The Labute approximate surface area is 171 Å². The molecule has 1 aromatic heterocycles. The van der Waals surface area contributed by atoms with Crippen LogP contribution in [0, 0.1) is 5.41 Å². The number of hydrogen-bond donors (Lipinski definition) is 3. The normalized spacial score (nSPS) is 10.8. The van der Waals surface area contributed by atoms with Crippen LogP contribution in [0.25, 0.3) is 11.8 Å². The minimum Gasteiger partial charge on any atom is -0.398 e. The summed E-state index contributed by atoms with van der Waals surface area (Å²) in [6, 6.07) is 14.0. The van der Waals surface area contributed by atoms with Crippen molar-refractivity contribution in [2.45, 2.75) is 19.9 Å². The Hall–Kier alpha value is -3.73. The molecule has 0 fully saturated rings. The second-order valence-corrected chi connectivity index (χ2v) is 6.60. The maximum absolute atomic E-state index is 8.57. The summed E-state index contributed by atoms with van der Waals surface area (Å²) in [5.74, 6) is 0. The van der Waals surface area contributed by atoms with E-state index in [9.17, 15) is 0 Å². The summed E-state index contributed by atoms with van der Waals surface area (Å²) in [4.78, 5) is 8.25. The van der Waals surface area contributed by atoms with E-state index in [2.05, 4.69) is 40.9 Å². The van der Waals surface area contributed by atoms with Crippen LogP contribution in [-0.4, -0.2) is 15.7 Å². The van der Waals surface area contributed by atoms with E-state index in [0.29, 0.717) is 23.6 Å². The van der Waals surface area contributed by atoms with E-state index in [1.54, 1.807) is 30.7 Å². The first-order valence-electron chi connectivity index (χ1n) is 9.51. The third kappa shape index (κ3) is 4.96. The molecule has 29 heavy (non-hydrogen) atoms. The summed E-state index contributed by atoms with van der Waals surface area (Å²) in [5.41, 5.74) is 12.6. The summed E-state index contributed by atoms with van der Waals surface area (Å²) in [5, 5.41) is 12.0. The first kappa shape index (κ1) is 20.0. The Kier molecular flexibility index (Phi) is 6.53. The lowest BCUT2D eigenvalue weighted by molar-refractivity contribution is 0.888. The van der Waals surface area contributed by atoms with Gasteiger partial charge in [0.2, 0.25) is 0 Å². The third-order valence-corrected chi connectivity index (χ3v) is 4.65. The summed E-state index contributed by atoms with van der Waals surface area (Å²) in [6.07, 6.45) is 9.11. The van der Waals surface area contributed by atoms with Gasteiger partial charge in [-0.15, -0.1) is 0 Å². The molecule has 0 unspecified atom stereocenters. The molecule has 146 valence electrons. The van der Waals surface area contributed by atoms with E-state index in [4.69, 9.17) is 11.1 Å². The quantitative estimate of drug-likeness (QED) is 0.396. The molecular weight excluding hydrogens is 358 g/mol. The molecule has 0 saturated heterocycles. The Balaban J connectivity index is 1.85. The molecule has 3 rings (SSSR count). The zero-order valence-corrected chi connectivity index (χ0v) is 16.5. The maximum atomic E-state index is 8.57. The minimum atomic E-state index is 0.336. The Morgan fingerprint density at radius 3 is 2.66 bits per heavy atom. The van der Waals surface area contributed by atoms with E-state index in [1.165, 1.54) is 5.56 Å². The standard InChI is InChI=1S/C24H25N5/c1-3-20-21(17(2)29-15-18-7-5-4-6-8-18)10-12-23(26)24(20)22(25)11-9-19-16-27-13-14-28-19/h4-14,16,25,29H,2-3,15,26H2,1H3/b11-9+,25-22?. The maximum Gasteiger partial charge on any atom is 0.0813 e. The molecule has 0 bridgehead atoms. The molecule has 2 aromatic carbocycles. The zero-order chi connectivity index (χ0) is 20.6. The second-order valence-electron chi connectivity index (χ2n) is 6.60. The second kappa shape index (κ2) is 9.46. The van der Waals surface area contributed by atoms with E-state index < -0.39 is 0 Å². The fourth-order valence-electron chi connectivity index (χ4n) is 3.18. The van der Waals surface area contributed by atoms with Gasteiger partial charge in [-0.3, -0.25) is 9.97 Å². The molecule has 0 aliphatic heterocycles. The summed E-state index contributed by atoms with van der Waals surface area (Å²) in [6.45, 7) is 6.96. The molecule has 0 atom stereocenters. The lowest BCUT2D eigenvalue weighted by Crippen LogP contribution is -2.15. The molecule has 0 radical (unpaired) electrons. The summed E-state index contributed by atoms with van der Waals surface area (Å²) < 4.78 is 0. The third-order valence-electron chi connectivity index (χ3n) is 4.65. The minimum absolute atomic E-state index is 0.336. The highest BCUT2D eigenvalue weighted by atomic mass is 14.9. The lowest BCUT2D eigenvalue weighted by Gasteiger charge is -2.18. The van der Waals surface area contributed by atoms with Crippen molar-refractivity contribution in [2.75, 3.05) is 5.73 Å². The van der Waals surface area contributed by atoms with Gasteiger partial charge in [-0.25, -0.2) is 0 Å². The molecule has 5 nitrogen and oxygen atoms in total. The molecular formula is C24H25N5. The number of aromatic nitrogens is 2. The van der Waals surface area contributed by atoms with Gasteiger partial charge >= 0.3 is 0 Å². The van der Waals surface area contributed by atoms with Crippen LogP contribution in [0.2, 0.25) is 0 Å². The van der Waals surface area contributed by atoms with E-state index >= 15 is 0 Å². The van der Waals surface area contributed by atoms with Crippen LogP contribution in [0.5, 0.6) is 0 Å². The van der Waals surface area contributed by atoms with Crippen molar-refractivity contribution in [3.63, 3.8) is 0 Å². The molecule has 0 aliphatic carbocycles. The van der Waals surface area contributed by atoms with Crippen molar-refractivity contribution in [3.8, 4) is 0 Å². The van der Waals surface area contributed by atoms with Crippen LogP contribution >= 0.6 is 0 Å². The van der Waals surface area contributed by atoms with Crippen LogP contribution in [0.4, 0.5) is 5.69 Å². The first-order chi connectivity index (χ1) is 14.1. The van der Waals surface area contributed by atoms with Crippen LogP contribution in [0.3, 0.4) is 0 Å². The fraction of sp³-hybridized carbons (Fsp3) is 0.125. The topological polar surface area (TPSA) is 87.7 Å². The van der Waals surface area contributed by atoms with Crippen molar-refractivity contribution >= 4 is 23.2 Å². The van der Waals surface area contributed by atoms with Crippen molar-refractivity contribution in [1.29, 1.82) is 5.41 Å². The molecule has 0 spiro atoms. The van der Waals surface area contributed by atoms with Gasteiger partial charge in [0.25, 0.3) is 0 Å². The highest BCUT2D eigenvalue weighted by Crippen LogP contribution is 2.27. The summed E-state index contributed by atoms with van der Waals surface area (Å²) in [7, 11) is 0. The Morgan fingerprint density at radius 2 is 1.97 bits per heavy atom. The highest BCUT2D eigenvalue weighted by molar-refractivity contribution is 6.13.